The first kappa shape index (κ1) is 14.8. The maximum Gasteiger partial charge on any atom is 0.345 e. The molecular formula is C18H12N4O3. The molecule has 1 aromatic heterocycles. The largest absolute Gasteiger partial charge is 0.423 e. The smallest absolute Gasteiger partial charge is 0.345 e. The molecule has 0 saturated heterocycles. The predicted octanol–water partition coefficient (Wildman–Crippen LogP) is 2.68. The Morgan fingerprint density at radius 3 is 2.56 bits per heavy atom. The molecule has 1 aliphatic carbocycles. The number of hydrogen-bond acceptors (Lipinski definition) is 5. The van der Waals surface area contributed by atoms with Crippen LogP contribution in [-0.4, -0.2) is 26.5 Å². The molecule has 0 spiro atoms. The molecule has 4 rings (SSSR count). The third-order valence-corrected chi connectivity index (χ3v) is 3.81. The fourth-order valence-corrected chi connectivity index (χ4v) is 2.71. The second-order valence-corrected chi connectivity index (χ2v) is 5.35. The molecule has 2 heterocycles. The molecule has 2 aromatic rings. The normalized spacial score (nSPS) is 10.9. The molecule has 7 nitrogen and oxygen atoms in total. The molecule has 122 valence electrons. The van der Waals surface area contributed by atoms with Crippen molar-refractivity contribution in [1.29, 1.82) is 0 Å². The summed E-state index contributed by atoms with van der Waals surface area (Å²) in [4.78, 5) is 32.8. The summed E-state index contributed by atoms with van der Waals surface area (Å²) >= 11 is 0. The Bertz CT molecular complexity index is 1070. The van der Waals surface area contributed by atoms with E-state index in [-0.39, 0.29) is 5.56 Å². The van der Waals surface area contributed by atoms with Crippen LogP contribution in [0.15, 0.2) is 61.1 Å². The summed E-state index contributed by atoms with van der Waals surface area (Å²) in [5.74, 6) is -0.153. The van der Waals surface area contributed by atoms with Crippen molar-refractivity contribution in [2.45, 2.75) is 0 Å². The van der Waals surface area contributed by atoms with Crippen molar-refractivity contribution < 1.29 is 14.3 Å². The summed E-state index contributed by atoms with van der Waals surface area (Å²) in [6.45, 7) is 0. The lowest BCUT2D eigenvalue weighted by atomic mass is 10.1. The van der Waals surface area contributed by atoms with E-state index in [1.165, 1.54) is 17.1 Å². The van der Waals surface area contributed by atoms with Crippen molar-refractivity contribution in [2.75, 3.05) is 0 Å². The van der Waals surface area contributed by atoms with Crippen LogP contribution in [0.4, 0.5) is 4.79 Å². The number of para-hydroxylation sites is 1. The van der Waals surface area contributed by atoms with E-state index in [2.05, 4.69) is 9.97 Å². The standard InChI is InChI=1S/C18H12N4O3/c19-18(24)22-10-21-14-8-4-7-13-15(16(14)22)12(9-20-13)17(23)25-11-5-2-1-3-6-11/h1-10H,(H2,19,24). The van der Waals surface area contributed by atoms with Gasteiger partial charge in [0.2, 0.25) is 0 Å². The topological polar surface area (TPSA) is 100 Å². The lowest BCUT2D eigenvalue weighted by Gasteiger charge is -2.05. The quantitative estimate of drug-likeness (QED) is 0.449. The number of carbonyl (C=O) groups is 2. The number of hydrogen-bond donors (Lipinski definition) is 1. The zero-order chi connectivity index (χ0) is 17.4. The Balaban J connectivity index is 1.91. The number of primary amides is 1. The van der Waals surface area contributed by atoms with Gasteiger partial charge in [-0.05, 0) is 24.3 Å². The molecular weight excluding hydrogens is 320 g/mol. The molecule has 1 aromatic carbocycles. The van der Waals surface area contributed by atoms with E-state index in [0.717, 1.165) is 0 Å². The van der Waals surface area contributed by atoms with E-state index in [4.69, 9.17) is 10.5 Å². The molecule has 0 radical (unpaired) electrons. The number of nitrogens with zero attached hydrogens (tertiary/aromatic N) is 3. The molecule has 0 saturated carbocycles. The molecule has 1 aliphatic heterocycles. The van der Waals surface area contributed by atoms with Crippen LogP contribution in [0, 0.1) is 0 Å². The van der Waals surface area contributed by atoms with E-state index in [0.29, 0.717) is 28.0 Å². The summed E-state index contributed by atoms with van der Waals surface area (Å²) in [6, 6.07) is 13.2. The van der Waals surface area contributed by atoms with Crippen LogP contribution in [0.3, 0.4) is 0 Å². The molecule has 25 heavy (non-hydrogen) atoms. The Morgan fingerprint density at radius 2 is 1.80 bits per heavy atom. The van der Waals surface area contributed by atoms with Gasteiger partial charge in [-0.2, -0.15) is 0 Å². The number of benzene rings is 1. The number of ether oxygens (including phenoxy) is 1. The van der Waals surface area contributed by atoms with Crippen molar-refractivity contribution in [3.05, 3.63) is 66.6 Å². The summed E-state index contributed by atoms with van der Waals surface area (Å²) in [5.41, 5.74) is 7.62. The fraction of sp³-hybridized carbons (Fsp3) is 0. The Kier molecular flexibility index (Phi) is 3.39. The highest BCUT2D eigenvalue weighted by Gasteiger charge is 2.24. The third-order valence-electron chi connectivity index (χ3n) is 3.81. The van der Waals surface area contributed by atoms with Gasteiger partial charge >= 0.3 is 12.0 Å². The van der Waals surface area contributed by atoms with Gasteiger partial charge in [0.05, 0.1) is 22.3 Å². The highest BCUT2D eigenvalue weighted by molar-refractivity contribution is 6.07. The van der Waals surface area contributed by atoms with Crippen LogP contribution in [0.1, 0.15) is 10.4 Å². The molecule has 0 unspecified atom stereocenters. The van der Waals surface area contributed by atoms with Crippen LogP contribution in [0.25, 0.3) is 22.3 Å². The van der Waals surface area contributed by atoms with E-state index in [9.17, 15) is 9.59 Å². The Morgan fingerprint density at radius 1 is 1.00 bits per heavy atom. The molecule has 0 bridgehead atoms. The molecule has 1 amide bonds. The first-order chi connectivity index (χ1) is 12.1. The van der Waals surface area contributed by atoms with E-state index in [1.807, 2.05) is 6.07 Å². The van der Waals surface area contributed by atoms with Crippen molar-refractivity contribution in [2.24, 2.45) is 5.73 Å². The van der Waals surface area contributed by atoms with E-state index >= 15 is 0 Å². The summed E-state index contributed by atoms with van der Waals surface area (Å²) in [5, 5.41) is 0. The van der Waals surface area contributed by atoms with Crippen LogP contribution in [-0.2, 0) is 0 Å². The number of nitrogens with two attached hydrogens (primary N) is 1. The van der Waals surface area contributed by atoms with Crippen LogP contribution in [0.2, 0.25) is 0 Å². The summed E-state index contributed by atoms with van der Waals surface area (Å²) < 4.78 is 6.59. The van der Waals surface area contributed by atoms with Crippen LogP contribution < -0.4 is 10.5 Å². The third kappa shape index (κ3) is 2.47. The summed E-state index contributed by atoms with van der Waals surface area (Å²) in [7, 11) is 0. The number of carbonyl (C=O) groups excluding carboxylic acids is 2. The van der Waals surface area contributed by atoms with Crippen molar-refractivity contribution in [1.82, 2.24) is 14.5 Å². The number of esters is 1. The van der Waals surface area contributed by atoms with Gasteiger partial charge in [-0.3, -0.25) is 9.55 Å². The molecule has 0 atom stereocenters. The Hall–Kier alpha value is -3.74. The predicted molar refractivity (Wildman–Crippen MR) is 90.5 cm³/mol. The first-order valence-corrected chi connectivity index (χ1v) is 7.47. The number of amides is 1. The lowest BCUT2D eigenvalue weighted by molar-refractivity contribution is 0.0736. The zero-order valence-corrected chi connectivity index (χ0v) is 12.9. The maximum atomic E-state index is 12.6. The number of rotatable bonds is 2. The minimum atomic E-state index is -0.696. The minimum Gasteiger partial charge on any atom is -0.423 e. The highest BCUT2D eigenvalue weighted by Crippen LogP contribution is 2.32. The van der Waals surface area contributed by atoms with Gasteiger partial charge in [0.25, 0.3) is 0 Å². The number of imidazole rings is 1. The van der Waals surface area contributed by atoms with E-state index in [1.54, 1.807) is 42.5 Å². The molecule has 2 aliphatic rings. The van der Waals surface area contributed by atoms with E-state index < -0.39 is 12.0 Å². The van der Waals surface area contributed by atoms with Crippen molar-refractivity contribution in [3.63, 3.8) is 0 Å². The number of fused-ring (bicyclic) bond motifs is 3. The zero-order valence-electron chi connectivity index (χ0n) is 12.9. The second kappa shape index (κ2) is 5.72. The molecule has 0 fully saturated rings. The van der Waals surface area contributed by atoms with Crippen LogP contribution >= 0.6 is 0 Å². The second-order valence-electron chi connectivity index (χ2n) is 5.35. The van der Waals surface area contributed by atoms with Crippen molar-refractivity contribution in [3.8, 4) is 17.0 Å². The number of aromatic nitrogens is 3. The van der Waals surface area contributed by atoms with Gasteiger partial charge in [-0.15, -0.1) is 0 Å². The van der Waals surface area contributed by atoms with Gasteiger partial charge in [0.1, 0.15) is 12.1 Å². The SMILES string of the molecule is NC(=O)n1cnc2cccc3ncc(C(=O)Oc4ccccc4)c-3c21. The average Bonchev–Trinajstić information content (AvgIpc) is 3.16. The first-order valence-electron chi connectivity index (χ1n) is 7.47. The summed E-state index contributed by atoms with van der Waals surface area (Å²) in [6.07, 6.45) is 2.75. The van der Waals surface area contributed by atoms with Gasteiger partial charge in [-0.1, -0.05) is 24.3 Å². The highest BCUT2D eigenvalue weighted by atomic mass is 16.5. The minimum absolute atomic E-state index is 0.239. The van der Waals surface area contributed by atoms with Gasteiger partial charge in [-0.25, -0.2) is 14.6 Å². The molecule has 7 heteroatoms. The van der Waals surface area contributed by atoms with Crippen molar-refractivity contribution >= 4 is 23.0 Å². The van der Waals surface area contributed by atoms with Gasteiger partial charge in [0.15, 0.2) is 0 Å². The van der Waals surface area contributed by atoms with Gasteiger partial charge < -0.3 is 10.5 Å². The Labute approximate surface area is 142 Å². The van der Waals surface area contributed by atoms with Crippen LogP contribution in [0.5, 0.6) is 5.75 Å². The fourth-order valence-electron chi connectivity index (χ4n) is 2.71. The van der Waals surface area contributed by atoms with Gasteiger partial charge in [0, 0.05) is 11.8 Å². The average molecular weight is 332 g/mol. The molecule has 2 N–H and O–H groups in total. The lowest BCUT2D eigenvalue weighted by Crippen LogP contribution is -2.18. The monoisotopic (exact) mass is 332 g/mol. The maximum absolute atomic E-state index is 12.6.